The van der Waals surface area contributed by atoms with E-state index in [0.29, 0.717) is 13.0 Å². The second kappa shape index (κ2) is 3.47. The Hall–Kier alpha value is -1.51. The number of azo groups is 1. The van der Waals surface area contributed by atoms with Crippen LogP contribution < -0.4 is 0 Å². The van der Waals surface area contributed by atoms with Crippen molar-refractivity contribution < 1.29 is 4.79 Å². The van der Waals surface area contributed by atoms with E-state index in [4.69, 9.17) is 0 Å². The molecule has 1 atom stereocenters. The lowest BCUT2D eigenvalue weighted by Gasteiger charge is -2.13. The highest BCUT2D eigenvalue weighted by molar-refractivity contribution is 5.86. The van der Waals surface area contributed by atoms with Gasteiger partial charge in [-0.25, -0.2) is 0 Å². The van der Waals surface area contributed by atoms with Crippen LogP contribution in [0.5, 0.6) is 0 Å². The number of hydrogen-bond acceptors (Lipinski definition) is 3. The fourth-order valence-electron chi connectivity index (χ4n) is 1.39. The van der Waals surface area contributed by atoms with Crippen LogP contribution in [0.25, 0.3) is 0 Å². The standard InChI is InChI=1S/C10H10N2O/c13-9-6-7-11-12-10(9)8-4-2-1-3-5-8/h1-5,10H,6-7H2. The van der Waals surface area contributed by atoms with Gasteiger partial charge in [0, 0.05) is 6.42 Å². The van der Waals surface area contributed by atoms with E-state index < -0.39 is 0 Å². The molecule has 3 nitrogen and oxygen atoms in total. The second-order valence-corrected chi connectivity index (χ2v) is 3.01. The van der Waals surface area contributed by atoms with E-state index in [-0.39, 0.29) is 11.8 Å². The van der Waals surface area contributed by atoms with Crippen molar-refractivity contribution in [3.8, 4) is 0 Å². The molecule has 0 fully saturated rings. The number of carbonyl (C=O) groups is 1. The van der Waals surface area contributed by atoms with Crippen LogP contribution in [0.3, 0.4) is 0 Å². The van der Waals surface area contributed by atoms with Gasteiger partial charge in [0.15, 0.2) is 11.8 Å². The van der Waals surface area contributed by atoms with Crippen LogP contribution in [0.4, 0.5) is 0 Å². The summed E-state index contributed by atoms with van der Waals surface area (Å²) >= 11 is 0. The van der Waals surface area contributed by atoms with Gasteiger partial charge in [0.05, 0.1) is 6.54 Å². The Kier molecular flexibility index (Phi) is 2.17. The van der Waals surface area contributed by atoms with Gasteiger partial charge in [0.1, 0.15) is 0 Å². The quantitative estimate of drug-likeness (QED) is 0.643. The third-order valence-electron chi connectivity index (χ3n) is 2.08. The first-order valence-corrected chi connectivity index (χ1v) is 4.32. The predicted octanol–water partition coefficient (Wildman–Crippen LogP) is 2.15. The molecule has 0 aromatic heterocycles. The zero-order valence-electron chi connectivity index (χ0n) is 7.18. The van der Waals surface area contributed by atoms with Crippen molar-refractivity contribution in [1.29, 1.82) is 0 Å². The summed E-state index contributed by atoms with van der Waals surface area (Å²) in [5, 5.41) is 7.85. The molecule has 13 heavy (non-hydrogen) atoms. The SMILES string of the molecule is O=C1CCN=NC1c1ccccc1. The van der Waals surface area contributed by atoms with Gasteiger partial charge in [-0.1, -0.05) is 30.3 Å². The monoisotopic (exact) mass is 174 g/mol. The van der Waals surface area contributed by atoms with Crippen LogP contribution in [0.2, 0.25) is 0 Å². The molecule has 0 aliphatic carbocycles. The Morgan fingerprint density at radius 1 is 1.23 bits per heavy atom. The molecule has 0 saturated heterocycles. The molecule has 1 aliphatic rings. The Labute approximate surface area is 76.5 Å². The molecule has 0 bridgehead atoms. The molecular weight excluding hydrogens is 164 g/mol. The number of hydrogen-bond donors (Lipinski definition) is 0. The summed E-state index contributed by atoms with van der Waals surface area (Å²) in [6.45, 7) is 0.544. The first kappa shape index (κ1) is 8.10. The number of carbonyl (C=O) groups excluding carboxylic acids is 1. The normalized spacial score (nSPS) is 21.8. The summed E-state index contributed by atoms with van der Waals surface area (Å²) in [7, 11) is 0. The molecule has 3 heteroatoms. The minimum absolute atomic E-state index is 0.168. The van der Waals surface area contributed by atoms with E-state index in [0.717, 1.165) is 5.56 Å². The molecule has 1 heterocycles. The van der Waals surface area contributed by atoms with Crippen LogP contribution in [0.15, 0.2) is 40.6 Å². The average Bonchev–Trinajstić information content (AvgIpc) is 2.20. The Morgan fingerprint density at radius 2 is 2.00 bits per heavy atom. The number of benzene rings is 1. The summed E-state index contributed by atoms with van der Waals surface area (Å²) < 4.78 is 0. The van der Waals surface area contributed by atoms with Crippen molar-refractivity contribution in [1.82, 2.24) is 0 Å². The molecule has 1 aromatic carbocycles. The second-order valence-electron chi connectivity index (χ2n) is 3.01. The molecule has 1 unspecified atom stereocenters. The molecule has 0 radical (unpaired) electrons. The van der Waals surface area contributed by atoms with Gasteiger partial charge in [0.25, 0.3) is 0 Å². The van der Waals surface area contributed by atoms with Gasteiger partial charge in [0.2, 0.25) is 0 Å². The Morgan fingerprint density at radius 3 is 2.69 bits per heavy atom. The van der Waals surface area contributed by atoms with Crippen LogP contribution >= 0.6 is 0 Å². The first-order valence-electron chi connectivity index (χ1n) is 4.32. The van der Waals surface area contributed by atoms with Gasteiger partial charge < -0.3 is 0 Å². The van der Waals surface area contributed by atoms with Crippen LogP contribution in [-0.2, 0) is 4.79 Å². The molecule has 0 spiro atoms. The van der Waals surface area contributed by atoms with Gasteiger partial charge in [-0.3, -0.25) is 4.79 Å². The van der Waals surface area contributed by atoms with Gasteiger partial charge in [-0.15, -0.1) is 0 Å². The maximum atomic E-state index is 11.4. The minimum Gasteiger partial charge on any atom is -0.297 e. The lowest BCUT2D eigenvalue weighted by atomic mass is 10.0. The molecule has 1 aromatic rings. The van der Waals surface area contributed by atoms with E-state index in [1.807, 2.05) is 30.3 Å². The van der Waals surface area contributed by atoms with E-state index in [9.17, 15) is 4.79 Å². The lowest BCUT2D eigenvalue weighted by molar-refractivity contribution is -0.120. The highest BCUT2D eigenvalue weighted by Gasteiger charge is 2.21. The number of ketones is 1. The third kappa shape index (κ3) is 1.64. The molecule has 0 amide bonds. The highest BCUT2D eigenvalue weighted by atomic mass is 16.1. The van der Waals surface area contributed by atoms with Crippen molar-refractivity contribution in [2.45, 2.75) is 12.5 Å². The predicted molar refractivity (Wildman–Crippen MR) is 48.5 cm³/mol. The Bertz CT molecular complexity index is 332. The molecule has 66 valence electrons. The fourth-order valence-corrected chi connectivity index (χ4v) is 1.39. The number of nitrogens with zero attached hydrogens (tertiary/aromatic N) is 2. The first-order chi connectivity index (χ1) is 6.38. The van der Waals surface area contributed by atoms with Crippen molar-refractivity contribution in [2.24, 2.45) is 10.2 Å². The highest BCUT2D eigenvalue weighted by Crippen LogP contribution is 2.22. The average molecular weight is 174 g/mol. The maximum Gasteiger partial charge on any atom is 0.165 e. The van der Waals surface area contributed by atoms with Crippen LogP contribution in [-0.4, -0.2) is 12.3 Å². The smallest absolute Gasteiger partial charge is 0.165 e. The van der Waals surface area contributed by atoms with Gasteiger partial charge in [-0.2, -0.15) is 10.2 Å². The topological polar surface area (TPSA) is 41.8 Å². The van der Waals surface area contributed by atoms with E-state index >= 15 is 0 Å². The molecular formula is C10H10N2O. The van der Waals surface area contributed by atoms with E-state index in [1.165, 1.54) is 0 Å². The van der Waals surface area contributed by atoms with Crippen molar-refractivity contribution in [3.63, 3.8) is 0 Å². The zero-order valence-corrected chi connectivity index (χ0v) is 7.18. The third-order valence-corrected chi connectivity index (χ3v) is 2.08. The van der Waals surface area contributed by atoms with Crippen molar-refractivity contribution in [3.05, 3.63) is 35.9 Å². The lowest BCUT2D eigenvalue weighted by Crippen LogP contribution is -2.14. The van der Waals surface area contributed by atoms with Crippen LogP contribution in [0, 0.1) is 0 Å². The molecule has 2 rings (SSSR count). The summed E-state index contributed by atoms with van der Waals surface area (Å²) in [6, 6.07) is 9.21. The van der Waals surface area contributed by atoms with Gasteiger partial charge in [-0.05, 0) is 5.56 Å². The zero-order chi connectivity index (χ0) is 9.10. The van der Waals surface area contributed by atoms with Crippen molar-refractivity contribution >= 4 is 5.78 Å². The summed E-state index contributed by atoms with van der Waals surface area (Å²) in [5.41, 5.74) is 0.941. The van der Waals surface area contributed by atoms with Crippen molar-refractivity contribution in [2.75, 3.05) is 6.54 Å². The van der Waals surface area contributed by atoms with E-state index in [2.05, 4.69) is 10.2 Å². The maximum absolute atomic E-state index is 11.4. The van der Waals surface area contributed by atoms with Crippen LogP contribution in [0.1, 0.15) is 18.0 Å². The fraction of sp³-hybridized carbons (Fsp3) is 0.300. The molecule has 0 N–H and O–H groups in total. The number of rotatable bonds is 1. The summed E-state index contributed by atoms with van der Waals surface area (Å²) in [4.78, 5) is 11.4. The number of Topliss-reactive ketones (excluding diaryl/α,β-unsaturated/α-hetero) is 1. The van der Waals surface area contributed by atoms with Gasteiger partial charge >= 0.3 is 0 Å². The molecule has 0 saturated carbocycles. The summed E-state index contributed by atoms with van der Waals surface area (Å²) in [6.07, 6.45) is 0.517. The largest absolute Gasteiger partial charge is 0.297 e. The minimum atomic E-state index is -0.352. The molecule has 1 aliphatic heterocycles. The Balaban J connectivity index is 2.30. The summed E-state index contributed by atoms with van der Waals surface area (Å²) in [5.74, 6) is 0.168. The van der Waals surface area contributed by atoms with E-state index in [1.54, 1.807) is 0 Å².